The first-order valence-corrected chi connectivity index (χ1v) is 7.70. The molecule has 20 heavy (non-hydrogen) atoms. The lowest BCUT2D eigenvalue weighted by molar-refractivity contribution is 0.630. The standard InChI is InChI=1S/C17H14ClFS/c1-10-3-4-13(7-11(10)2)17(18)16-8-12-5-6-14(19)9-15(12)20-16/h3-9,17H,1-2H3. The SMILES string of the molecule is Cc1ccc(C(Cl)c2cc3ccc(F)cc3s2)cc1C. The molecule has 0 spiro atoms. The largest absolute Gasteiger partial charge is 0.207 e. The van der Waals surface area contributed by atoms with E-state index in [1.807, 2.05) is 6.07 Å². The van der Waals surface area contributed by atoms with Gasteiger partial charge < -0.3 is 0 Å². The molecule has 0 saturated heterocycles. The van der Waals surface area contributed by atoms with Gasteiger partial charge in [0, 0.05) is 9.58 Å². The van der Waals surface area contributed by atoms with Crippen molar-refractivity contribution in [1.82, 2.24) is 0 Å². The Morgan fingerprint density at radius 1 is 1.00 bits per heavy atom. The summed E-state index contributed by atoms with van der Waals surface area (Å²) in [4.78, 5) is 1.05. The minimum Gasteiger partial charge on any atom is -0.207 e. The van der Waals surface area contributed by atoms with Gasteiger partial charge in [-0.2, -0.15) is 0 Å². The Kier molecular flexibility index (Phi) is 3.53. The summed E-state index contributed by atoms with van der Waals surface area (Å²) in [5.41, 5.74) is 3.58. The lowest BCUT2D eigenvalue weighted by atomic mass is 10.0. The minimum atomic E-state index is -0.205. The van der Waals surface area contributed by atoms with E-state index >= 15 is 0 Å². The molecular formula is C17H14ClFS. The number of fused-ring (bicyclic) bond motifs is 1. The van der Waals surface area contributed by atoms with Gasteiger partial charge in [-0.15, -0.1) is 22.9 Å². The minimum absolute atomic E-state index is 0.185. The highest BCUT2D eigenvalue weighted by atomic mass is 35.5. The predicted octanol–water partition coefficient (Wildman–Crippen LogP) is 5.99. The first-order chi connectivity index (χ1) is 9.54. The van der Waals surface area contributed by atoms with Gasteiger partial charge in [0.15, 0.2) is 0 Å². The number of aryl methyl sites for hydroxylation is 2. The average Bonchev–Trinajstić information content (AvgIpc) is 2.84. The predicted molar refractivity (Wildman–Crippen MR) is 85.4 cm³/mol. The third-order valence-corrected chi connectivity index (χ3v) is 5.35. The number of rotatable bonds is 2. The maximum absolute atomic E-state index is 13.2. The molecule has 1 atom stereocenters. The van der Waals surface area contributed by atoms with Crippen molar-refractivity contribution in [2.45, 2.75) is 19.2 Å². The van der Waals surface area contributed by atoms with E-state index in [4.69, 9.17) is 11.6 Å². The summed E-state index contributed by atoms with van der Waals surface area (Å²) < 4.78 is 14.2. The summed E-state index contributed by atoms with van der Waals surface area (Å²) in [6.07, 6.45) is 0. The van der Waals surface area contributed by atoms with Crippen molar-refractivity contribution in [3.63, 3.8) is 0 Å². The highest BCUT2D eigenvalue weighted by Gasteiger charge is 2.15. The molecule has 1 aromatic heterocycles. The van der Waals surface area contributed by atoms with Crippen molar-refractivity contribution in [2.75, 3.05) is 0 Å². The van der Waals surface area contributed by atoms with Crippen LogP contribution in [0.2, 0.25) is 0 Å². The Morgan fingerprint density at radius 3 is 2.55 bits per heavy atom. The zero-order valence-corrected chi connectivity index (χ0v) is 12.9. The number of hydrogen-bond donors (Lipinski definition) is 0. The van der Waals surface area contributed by atoms with Crippen LogP contribution in [0.1, 0.15) is 26.9 Å². The average molecular weight is 305 g/mol. The van der Waals surface area contributed by atoms with Gasteiger partial charge in [-0.3, -0.25) is 0 Å². The zero-order valence-electron chi connectivity index (χ0n) is 11.3. The Hall–Kier alpha value is -1.38. The van der Waals surface area contributed by atoms with Crippen molar-refractivity contribution in [2.24, 2.45) is 0 Å². The molecule has 0 saturated carbocycles. The van der Waals surface area contributed by atoms with Gasteiger partial charge in [0.05, 0.1) is 5.38 Å². The summed E-state index contributed by atoms with van der Waals surface area (Å²) in [6.45, 7) is 4.17. The summed E-state index contributed by atoms with van der Waals surface area (Å²) in [7, 11) is 0. The Labute approximate surface area is 126 Å². The molecule has 0 aliphatic rings. The van der Waals surface area contributed by atoms with E-state index < -0.39 is 0 Å². The Bertz CT molecular complexity index is 776. The van der Waals surface area contributed by atoms with E-state index in [1.165, 1.54) is 17.2 Å². The molecule has 1 heterocycles. The monoisotopic (exact) mass is 304 g/mol. The van der Waals surface area contributed by atoms with Gasteiger partial charge in [0.1, 0.15) is 5.82 Å². The molecule has 3 rings (SSSR count). The number of alkyl halides is 1. The van der Waals surface area contributed by atoms with Gasteiger partial charge in [-0.25, -0.2) is 4.39 Å². The number of benzene rings is 2. The molecule has 3 heteroatoms. The third-order valence-electron chi connectivity index (χ3n) is 3.57. The maximum Gasteiger partial charge on any atom is 0.124 e. The van der Waals surface area contributed by atoms with Crippen molar-refractivity contribution in [3.8, 4) is 0 Å². The van der Waals surface area contributed by atoms with E-state index in [0.29, 0.717) is 0 Å². The van der Waals surface area contributed by atoms with E-state index in [2.05, 4.69) is 32.0 Å². The van der Waals surface area contributed by atoms with Crippen LogP contribution in [-0.2, 0) is 0 Å². The Morgan fingerprint density at radius 2 is 1.80 bits per heavy atom. The summed E-state index contributed by atoms with van der Waals surface area (Å²) >= 11 is 8.14. The highest BCUT2D eigenvalue weighted by Crippen LogP contribution is 2.37. The number of halogens is 2. The van der Waals surface area contributed by atoms with Crippen molar-refractivity contribution in [3.05, 3.63) is 69.8 Å². The van der Waals surface area contributed by atoms with Crippen molar-refractivity contribution in [1.29, 1.82) is 0 Å². The van der Waals surface area contributed by atoms with Crippen LogP contribution >= 0.6 is 22.9 Å². The summed E-state index contributed by atoms with van der Waals surface area (Å²) in [5, 5.41) is 0.857. The lowest BCUT2D eigenvalue weighted by Crippen LogP contribution is -1.92. The van der Waals surface area contributed by atoms with Crippen LogP contribution in [0.3, 0.4) is 0 Å². The zero-order chi connectivity index (χ0) is 14.3. The lowest BCUT2D eigenvalue weighted by Gasteiger charge is -2.10. The fourth-order valence-corrected chi connectivity index (χ4v) is 3.67. The molecule has 2 aromatic carbocycles. The van der Waals surface area contributed by atoms with Crippen LogP contribution in [0.15, 0.2) is 42.5 Å². The van der Waals surface area contributed by atoms with Crippen LogP contribution in [0.4, 0.5) is 4.39 Å². The second-order valence-corrected chi connectivity index (χ2v) is 6.59. The van der Waals surface area contributed by atoms with E-state index in [0.717, 1.165) is 20.5 Å². The smallest absolute Gasteiger partial charge is 0.124 e. The van der Waals surface area contributed by atoms with Gasteiger partial charge in [0.2, 0.25) is 0 Å². The Balaban J connectivity index is 2.02. The van der Waals surface area contributed by atoms with Crippen molar-refractivity contribution < 1.29 is 4.39 Å². The van der Waals surface area contributed by atoms with Crippen LogP contribution in [0, 0.1) is 19.7 Å². The normalized spacial score (nSPS) is 12.8. The molecule has 0 amide bonds. The van der Waals surface area contributed by atoms with Crippen molar-refractivity contribution >= 4 is 33.0 Å². The molecule has 102 valence electrons. The fraction of sp³-hybridized carbons (Fsp3) is 0.176. The molecule has 3 aromatic rings. The van der Waals surface area contributed by atoms with Gasteiger partial charge in [-0.1, -0.05) is 24.3 Å². The molecule has 0 fully saturated rings. The van der Waals surface area contributed by atoms with E-state index in [-0.39, 0.29) is 11.2 Å². The van der Waals surface area contributed by atoms with Gasteiger partial charge in [0.25, 0.3) is 0 Å². The number of hydrogen-bond acceptors (Lipinski definition) is 1. The molecule has 0 nitrogen and oxygen atoms in total. The van der Waals surface area contributed by atoms with E-state index in [1.54, 1.807) is 23.5 Å². The first-order valence-electron chi connectivity index (χ1n) is 6.45. The van der Waals surface area contributed by atoms with Gasteiger partial charge >= 0.3 is 0 Å². The maximum atomic E-state index is 13.2. The molecule has 0 radical (unpaired) electrons. The second kappa shape index (κ2) is 5.19. The van der Waals surface area contributed by atoms with Crippen LogP contribution < -0.4 is 0 Å². The summed E-state index contributed by atoms with van der Waals surface area (Å²) in [6, 6.07) is 13.2. The first kappa shape index (κ1) is 13.6. The highest BCUT2D eigenvalue weighted by molar-refractivity contribution is 7.19. The second-order valence-electron chi connectivity index (χ2n) is 5.04. The van der Waals surface area contributed by atoms with Crippen LogP contribution in [0.5, 0.6) is 0 Å². The topological polar surface area (TPSA) is 0 Å². The van der Waals surface area contributed by atoms with E-state index in [9.17, 15) is 4.39 Å². The summed E-state index contributed by atoms with van der Waals surface area (Å²) in [5.74, 6) is -0.205. The molecule has 0 aliphatic heterocycles. The molecule has 0 bridgehead atoms. The third kappa shape index (κ3) is 2.46. The van der Waals surface area contributed by atoms with Gasteiger partial charge in [-0.05, 0) is 54.1 Å². The molecular weight excluding hydrogens is 291 g/mol. The number of thiophene rings is 1. The van der Waals surface area contributed by atoms with Crippen LogP contribution in [0.25, 0.3) is 10.1 Å². The molecule has 0 aliphatic carbocycles. The van der Waals surface area contributed by atoms with Crippen LogP contribution in [-0.4, -0.2) is 0 Å². The molecule has 0 N–H and O–H groups in total. The fourth-order valence-electron chi connectivity index (χ4n) is 2.24. The quantitative estimate of drug-likeness (QED) is 0.510. The molecule has 1 unspecified atom stereocenters.